The number of rotatable bonds is 6. The molecule has 0 spiro atoms. The quantitative estimate of drug-likeness (QED) is 0.169. The molecule has 0 radical (unpaired) electrons. The third-order valence-electron chi connectivity index (χ3n) is 11.7. The lowest BCUT2D eigenvalue weighted by atomic mass is 10.0. The number of nitrogens with zero attached hydrogens (tertiary/aromatic N) is 5. The van der Waals surface area contributed by atoms with Gasteiger partial charge in [0.25, 0.3) is 0 Å². The second-order valence-corrected chi connectivity index (χ2v) is 15.3. The van der Waals surface area contributed by atoms with Gasteiger partial charge in [-0.05, 0) is 82.6 Å². The average Bonchev–Trinajstić information content (AvgIpc) is 3.83. The lowest BCUT2D eigenvalue weighted by Gasteiger charge is -2.12. The van der Waals surface area contributed by atoms with E-state index in [9.17, 15) is 0 Å². The van der Waals surface area contributed by atoms with Crippen molar-refractivity contribution in [1.29, 1.82) is 0 Å². The first-order valence-corrected chi connectivity index (χ1v) is 20.3. The summed E-state index contributed by atoms with van der Waals surface area (Å²) in [5.74, 6) is 1.91. The molecule has 0 saturated carbocycles. The lowest BCUT2D eigenvalue weighted by molar-refractivity contribution is 1.07. The fraction of sp³-hybridized carbons (Fsp3) is 0. The topological polar surface area (TPSA) is 48.5 Å². The third kappa shape index (κ3) is 5.59. The minimum Gasteiger partial charge on any atom is -0.309 e. The van der Waals surface area contributed by atoms with Crippen LogP contribution in [0.2, 0.25) is 0 Å². The summed E-state index contributed by atoms with van der Waals surface area (Å²) >= 11 is 0. The fourth-order valence-corrected chi connectivity index (χ4v) is 8.89. The first-order valence-electron chi connectivity index (χ1n) is 20.3. The van der Waals surface area contributed by atoms with E-state index >= 15 is 0 Å². The van der Waals surface area contributed by atoms with Crippen LogP contribution in [-0.4, -0.2) is 24.1 Å². The summed E-state index contributed by atoms with van der Waals surface area (Å²) in [6.45, 7) is 0. The van der Waals surface area contributed by atoms with Gasteiger partial charge in [0, 0.05) is 49.6 Å². The molecule has 60 heavy (non-hydrogen) atoms. The van der Waals surface area contributed by atoms with Crippen molar-refractivity contribution in [3.8, 4) is 56.7 Å². The van der Waals surface area contributed by atoms with E-state index in [0.29, 0.717) is 17.5 Å². The van der Waals surface area contributed by atoms with Crippen LogP contribution < -0.4 is 0 Å². The molecule has 12 rings (SSSR count). The molecule has 9 aromatic carbocycles. The van der Waals surface area contributed by atoms with Crippen LogP contribution in [0.5, 0.6) is 0 Å². The van der Waals surface area contributed by atoms with Gasteiger partial charge in [0.2, 0.25) is 0 Å². The van der Waals surface area contributed by atoms with E-state index in [0.717, 1.165) is 50.0 Å². The van der Waals surface area contributed by atoms with Crippen LogP contribution in [0.3, 0.4) is 0 Å². The van der Waals surface area contributed by atoms with Crippen molar-refractivity contribution in [3.05, 3.63) is 212 Å². The molecule has 12 aromatic rings. The molecule has 0 aliphatic carbocycles. The average molecular weight is 766 g/mol. The van der Waals surface area contributed by atoms with Crippen molar-refractivity contribution >= 4 is 54.4 Å². The molecule has 3 heterocycles. The normalized spacial score (nSPS) is 11.7. The Morgan fingerprint density at radius 3 is 1.40 bits per heavy atom. The van der Waals surface area contributed by atoms with Crippen molar-refractivity contribution in [2.75, 3.05) is 0 Å². The molecule has 0 aliphatic heterocycles. The van der Waals surface area contributed by atoms with Crippen molar-refractivity contribution in [3.63, 3.8) is 0 Å². The summed E-state index contributed by atoms with van der Waals surface area (Å²) in [5, 5.41) is 7.21. The second kappa shape index (κ2) is 13.8. The zero-order chi connectivity index (χ0) is 39.6. The molecule has 0 saturated heterocycles. The monoisotopic (exact) mass is 765 g/mol. The lowest BCUT2D eigenvalue weighted by Crippen LogP contribution is -2.00. The Morgan fingerprint density at radius 2 is 0.733 bits per heavy atom. The Balaban J connectivity index is 1.00. The zero-order valence-electron chi connectivity index (χ0n) is 32.4. The number of hydrogen-bond donors (Lipinski definition) is 0. The Morgan fingerprint density at radius 1 is 0.250 bits per heavy atom. The Kier molecular flexibility index (Phi) is 7.78. The van der Waals surface area contributed by atoms with Gasteiger partial charge in [-0.25, -0.2) is 15.0 Å². The van der Waals surface area contributed by atoms with E-state index in [1.807, 2.05) is 36.4 Å². The van der Waals surface area contributed by atoms with E-state index in [4.69, 9.17) is 15.0 Å². The maximum atomic E-state index is 5.11. The van der Waals surface area contributed by atoms with Crippen molar-refractivity contribution in [2.24, 2.45) is 0 Å². The summed E-state index contributed by atoms with van der Waals surface area (Å²) in [6.07, 6.45) is 0. The predicted octanol–water partition coefficient (Wildman–Crippen LogP) is 13.9. The van der Waals surface area contributed by atoms with Gasteiger partial charge in [-0.2, -0.15) is 0 Å². The summed E-state index contributed by atoms with van der Waals surface area (Å²) in [6, 6.07) is 75.2. The number of para-hydroxylation sites is 3. The maximum absolute atomic E-state index is 5.11. The molecule has 0 amide bonds. The SMILES string of the molecule is c1ccc(-c2cccc(-c3nc(-c4ccccc4)nc(-c4ccc5cc(-n6c7ccccc7c7cc8c9ccccc9n(-c9ccccc9)c8cc76)ccc5c4)n3)c2)cc1. The van der Waals surface area contributed by atoms with Gasteiger partial charge >= 0.3 is 0 Å². The van der Waals surface area contributed by atoms with Gasteiger partial charge in [-0.3, -0.25) is 0 Å². The van der Waals surface area contributed by atoms with Crippen LogP contribution in [0.4, 0.5) is 0 Å². The van der Waals surface area contributed by atoms with E-state index in [-0.39, 0.29) is 0 Å². The number of aromatic nitrogens is 5. The second-order valence-electron chi connectivity index (χ2n) is 15.3. The summed E-state index contributed by atoms with van der Waals surface area (Å²) in [4.78, 5) is 15.2. The minimum atomic E-state index is 0.634. The highest BCUT2D eigenvalue weighted by molar-refractivity contribution is 6.19. The molecule has 5 nitrogen and oxygen atoms in total. The first-order chi connectivity index (χ1) is 29.7. The van der Waals surface area contributed by atoms with E-state index < -0.39 is 0 Å². The molecule has 3 aromatic heterocycles. The largest absolute Gasteiger partial charge is 0.309 e. The smallest absolute Gasteiger partial charge is 0.164 e. The molecule has 5 heteroatoms. The fourth-order valence-electron chi connectivity index (χ4n) is 8.89. The Hall–Kier alpha value is -8.15. The number of fused-ring (bicyclic) bond motifs is 7. The highest BCUT2D eigenvalue weighted by atomic mass is 15.0. The van der Waals surface area contributed by atoms with Crippen LogP contribution in [0.25, 0.3) is 111 Å². The van der Waals surface area contributed by atoms with Gasteiger partial charge in [0.05, 0.1) is 22.1 Å². The van der Waals surface area contributed by atoms with Crippen molar-refractivity contribution in [1.82, 2.24) is 24.1 Å². The van der Waals surface area contributed by atoms with Crippen LogP contribution in [0.1, 0.15) is 0 Å². The Bertz CT molecular complexity index is 3590. The third-order valence-corrected chi connectivity index (χ3v) is 11.7. The van der Waals surface area contributed by atoms with Crippen LogP contribution >= 0.6 is 0 Å². The highest BCUT2D eigenvalue weighted by Gasteiger charge is 2.19. The molecule has 0 aliphatic rings. The number of benzene rings is 9. The van der Waals surface area contributed by atoms with Gasteiger partial charge < -0.3 is 9.13 Å². The molecule has 0 unspecified atom stereocenters. The van der Waals surface area contributed by atoms with Crippen LogP contribution in [-0.2, 0) is 0 Å². The van der Waals surface area contributed by atoms with Crippen molar-refractivity contribution < 1.29 is 0 Å². The Labute approximate surface area is 346 Å². The molecular formula is C55H35N5. The van der Waals surface area contributed by atoms with E-state index in [2.05, 4.69) is 185 Å². The first kappa shape index (κ1) is 33.9. The molecule has 0 atom stereocenters. The van der Waals surface area contributed by atoms with E-state index in [1.54, 1.807) is 0 Å². The molecule has 0 N–H and O–H groups in total. The van der Waals surface area contributed by atoms with Crippen LogP contribution in [0, 0.1) is 0 Å². The summed E-state index contributed by atoms with van der Waals surface area (Å²) in [5.41, 5.74) is 12.1. The minimum absolute atomic E-state index is 0.634. The van der Waals surface area contributed by atoms with Gasteiger partial charge in [-0.15, -0.1) is 0 Å². The van der Waals surface area contributed by atoms with Gasteiger partial charge in [0.15, 0.2) is 17.5 Å². The highest BCUT2D eigenvalue weighted by Crippen LogP contribution is 2.40. The van der Waals surface area contributed by atoms with Gasteiger partial charge in [-0.1, -0.05) is 152 Å². The maximum Gasteiger partial charge on any atom is 0.164 e. The van der Waals surface area contributed by atoms with Crippen LogP contribution in [0.15, 0.2) is 212 Å². The predicted molar refractivity (Wildman–Crippen MR) is 248 cm³/mol. The summed E-state index contributed by atoms with van der Waals surface area (Å²) in [7, 11) is 0. The van der Waals surface area contributed by atoms with Gasteiger partial charge in [0.1, 0.15) is 0 Å². The van der Waals surface area contributed by atoms with Crippen molar-refractivity contribution in [2.45, 2.75) is 0 Å². The standard InChI is InChI=1S/C55H35N5/c1-4-15-36(16-5-1)38-19-14-20-41(31-38)54-56-53(37-17-6-2-7-18-37)57-55(58-54)42-28-27-40-33-44(30-29-39(40)32-42)60-50-26-13-11-24-46(50)48-34-47-45-23-10-12-25-49(45)59(51(47)35-52(48)60)43-21-8-3-9-22-43/h1-35H. The molecular weight excluding hydrogens is 731 g/mol. The molecule has 0 fully saturated rings. The van der Waals surface area contributed by atoms with E-state index in [1.165, 1.54) is 43.6 Å². The molecule has 280 valence electrons. The molecule has 0 bridgehead atoms. The zero-order valence-corrected chi connectivity index (χ0v) is 32.4. The summed E-state index contributed by atoms with van der Waals surface area (Å²) < 4.78 is 4.81. The number of hydrogen-bond acceptors (Lipinski definition) is 3.